The highest BCUT2D eigenvalue weighted by atomic mass is 16.5. The zero-order valence-corrected chi connectivity index (χ0v) is 13.2. The summed E-state index contributed by atoms with van der Waals surface area (Å²) >= 11 is 0. The van der Waals surface area contributed by atoms with Gasteiger partial charge in [0, 0.05) is 13.6 Å². The first kappa shape index (κ1) is 15.8. The Morgan fingerprint density at radius 2 is 2.09 bits per heavy atom. The first-order chi connectivity index (χ1) is 10.7. The third-order valence-corrected chi connectivity index (χ3v) is 3.15. The zero-order valence-electron chi connectivity index (χ0n) is 13.2. The van der Waals surface area contributed by atoms with E-state index in [4.69, 9.17) is 10.5 Å². The van der Waals surface area contributed by atoms with Gasteiger partial charge in [-0.2, -0.15) is 5.10 Å². The molecule has 2 N–H and O–H groups in total. The van der Waals surface area contributed by atoms with Crippen LogP contribution in [-0.4, -0.2) is 29.0 Å². The highest BCUT2D eigenvalue weighted by molar-refractivity contribution is 6.02. The molecule has 0 aliphatic rings. The number of aromatic nitrogens is 2. The summed E-state index contributed by atoms with van der Waals surface area (Å²) in [5.41, 5.74) is 8.63. The van der Waals surface area contributed by atoms with Crippen LogP contribution in [0.3, 0.4) is 0 Å². The van der Waals surface area contributed by atoms with E-state index in [0.29, 0.717) is 30.4 Å². The van der Waals surface area contributed by atoms with E-state index in [9.17, 15) is 0 Å². The number of aliphatic imine (C=N–C) groups is 2. The highest BCUT2D eigenvalue weighted by Crippen LogP contribution is 2.24. The lowest BCUT2D eigenvalue weighted by atomic mass is 10.2. The maximum atomic E-state index is 6.06. The van der Waals surface area contributed by atoms with E-state index in [1.165, 1.54) is 6.34 Å². The van der Waals surface area contributed by atoms with Gasteiger partial charge in [0.1, 0.15) is 24.3 Å². The van der Waals surface area contributed by atoms with Crippen molar-refractivity contribution in [2.45, 2.75) is 27.0 Å². The van der Waals surface area contributed by atoms with Gasteiger partial charge >= 0.3 is 0 Å². The first-order valence-electron chi connectivity index (χ1n) is 7.15. The summed E-state index contributed by atoms with van der Waals surface area (Å²) in [6.45, 7) is 5.04. The molecule has 0 spiro atoms. The number of hydrogen-bond acceptors (Lipinski definition) is 3. The van der Waals surface area contributed by atoms with Crippen LogP contribution in [0.2, 0.25) is 0 Å². The third kappa shape index (κ3) is 3.52. The summed E-state index contributed by atoms with van der Waals surface area (Å²) in [5.74, 6) is 1.01. The summed E-state index contributed by atoms with van der Waals surface area (Å²) in [7, 11) is 1.64. The molecular formula is C16H21N5O. The molecule has 0 fully saturated rings. The van der Waals surface area contributed by atoms with Gasteiger partial charge in [0.15, 0.2) is 11.6 Å². The molecule has 1 heterocycles. The number of benzene rings is 1. The smallest absolute Gasteiger partial charge is 0.171 e. The number of nitrogens with zero attached hydrogens (tertiary/aromatic N) is 4. The van der Waals surface area contributed by atoms with Crippen LogP contribution in [0.5, 0.6) is 5.75 Å². The van der Waals surface area contributed by atoms with Gasteiger partial charge in [-0.05, 0) is 19.4 Å². The average molecular weight is 299 g/mol. The molecule has 1 aromatic carbocycles. The summed E-state index contributed by atoms with van der Waals surface area (Å²) in [5, 5.41) is 4.46. The van der Waals surface area contributed by atoms with Crippen LogP contribution >= 0.6 is 0 Å². The second-order valence-electron chi connectivity index (χ2n) is 4.74. The van der Waals surface area contributed by atoms with Crippen molar-refractivity contribution in [2.75, 3.05) is 7.05 Å². The molecule has 0 saturated heterocycles. The maximum Gasteiger partial charge on any atom is 0.171 e. The minimum absolute atomic E-state index is 0.344. The Balaban J connectivity index is 2.31. The van der Waals surface area contributed by atoms with Crippen LogP contribution in [0.1, 0.15) is 23.9 Å². The lowest BCUT2D eigenvalue weighted by Crippen LogP contribution is -2.20. The molecule has 0 amide bonds. The van der Waals surface area contributed by atoms with Crippen LogP contribution in [0.25, 0.3) is 0 Å². The van der Waals surface area contributed by atoms with E-state index in [-0.39, 0.29) is 0 Å². The number of ether oxygens (including phenoxy) is 1. The predicted molar refractivity (Wildman–Crippen MR) is 88.6 cm³/mol. The third-order valence-electron chi connectivity index (χ3n) is 3.15. The Morgan fingerprint density at radius 1 is 1.36 bits per heavy atom. The fourth-order valence-corrected chi connectivity index (χ4v) is 2.13. The second-order valence-corrected chi connectivity index (χ2v) is 4.74. The van der Waals surface area contributed by atoms with Crippen molar-refractivity contribution in [3.8, 4) is 5.75 Å². The Bertz CT molecular complexity index is 673. The molecule has 0 aliphatic carbocycles. The molecule has 116 valence electrons. The quantitative estimate of drug-likeness (QED) is 0.656. The van der Waals surface area contributed by atoms with Gasteiger partial charge in [-0.3, -0.25) is 9.67 Å². The summed E-state index contributed by atoms with van der Waals surface area (Å²) in [6, 6.07) is 9.97. The van der Waals surface area contributed by atoms with Crippen molar-refractivity contribution in [1.82, 2.24) is 9.78 Å². The Labute approximate surface area is 130 Å². The van der Waals surface area contributed by atoms with E-state index >= 15 is 0 Å². The SMILES string of the molecule is CCn1nc(C)c(OCc2ccccc2)c1C(N)=NC=NC. The lowest BCUT2D eigenvalue weighted by molar-refractivity contribution is 0.303. The zero-order chi connectivity index (χ0) is 15.9. The van der Waals surface area contributed by atoms with Gasteiger partial charge in [0.05, 0.1) is 0 Å². The topological polar surface area (TPSA) is 77.8 Å². The summed E-state index contributed by atoms with van der Waals surface area (Å²) in [6.07, 6.45) is 1.42. The largest absolute Gasteiger partial charge is 0.485 e. The Kier molecular flexibility index (Phi) is 5.30. The lowest BCUT2D eigenvalue weighted by Gasteiger charge is -2.09. The molecule has 6 heteroatoms. The van der Waals surface area contributed by atoms with Crippen LogP contribution in [0.15, 0.2) is 40.3 Å². The van der Waals surface area contributed by atoms with Gasteiger partial charge in [0.25, 0.3) is 0 Å². The number of aryl methyl sites for hydroxylation is 2. The fraction of sp³-hybridized carbons (Fsp3) is 0.312. The standard InChI is InChI=1S/C16H21N5O/c1-4-21-14(16(17)19-11-18-3)15(12(2)20-21)22-10-13-8-6-5-7-9-13/h5-9,11H,4,10H2,1-3H3,(H2,17,18,19). The van der Waals surface area contributed by atoms with Gasteiger partial charge in [-0.15, -0.1) is 0 Å². The average Bonchev–Trinajstić information content (AvgIpc) is 2.87. The first-order valence-corrected chi connectivity index (χ1v) is 7.15. The monoisotopic (exact) mass is 299 g/mol. The van der Waals surface area contributed by atoms with Crippen LogP contribution in [-0.2, 0) is 13.2 Å². The minimum atomic E-state index is 0.344. The molecule has 0 atom stereocenters. The van der Waals surface area contributed by atoms with Crippen molar-refractivity contribution < 1.29 is 4.74 Å². The number of nitrogens with two attached hydrogens (primary N) is 1. The van der Waals surface area contributed by atoms with Crippen LogP contribution in [0, 0.1) is 6.92 Å². The molecule has 0 aliphatic heterocycles. The molecular weight excluding hydrogens is 278 g/mol. The molecule has 2 rings (SSSR count). The van der Waals surface area contributed by atoms with E-state index in [0.717, 1.165) is 11.3 Å². The number of amidine groups is 1. The van der Waals surface area contributed by atoms with Crippen molar-refractivity contribution in [3.05, 3.63) is 47.3 Å². The minimum Gasteiger partial charge on any atom is -0.485 e. The van der Waals surface area contributed by atoms with Crippen molar-refractivity contribution >= 4 is 12.2 Å². The Morgan fingerprint density at radius 3 is 2.73 bits per heavy atom. The normalized spacial score (nSPS) is 12.0. The molecule has 0 saturated carbocycles. The van der Waals surface area contributed by atoms with E-state index in [1.807, 2.05) is 44.2 Å². The van der Waals surface area contributed by atoms with E-state index in [2.05, 4.69) is 15.1 Å². The van der Waals surface area contributed by atoms with Gasteiger partial charge in [-0.1, -0.05) is 30.3 Å². The predicted octanol–water partition coefficient (Wildman–Crippen LogP) is 2.15. The van der Waals surface area contributed by atoms with Crippen molar-refractivity contribution in [2.24, 2.45) is 15.7 Å². The van der Waals surface area contributed by atoms with Gasteiger partial charge in [0.2, 0.25) is 0 Å². The molecule has 0 bridgehead atoms. The molecule has 1 aromatic heterocycles. The highest BCUT2D eigenvalue weighted by Gasteiger charge is 2.19. The number of rotatable bonds is 6. The van der Waals surface area contributed by atoms with E-state index < -0.39 is 0 Å². The second kappa shape index (κ2) is 7.40. The number of hydrogen-bond donors (Lipinski definition) is 1. The van der Waals surface area contributed by atoms with E-state index in [1.54, 1.807) is 11.7 Å². The summed E-state index contributed by atoms with van der Waals surface area (Å²) < 4.78 is 7.74. The molecule has 0 radical (unpaired) electrons. The van der Waals surface area contributed by atoms with Crippen LogP contribution < -0.4 is 10.5 Å². The molecule has 6 nitrogen and oxygen atoms in total. The van der Waals surface area contributed by atoms with Crippen molar-refractivity contribution in [1.29, 1.82) is 0 Å². The molecule has 2 aromatic rings. The van der Waals surface area contributed by atoms with Gasteiger partial charge < -0.3 is 10.5 Å². The molecule has 22 heavy (non-hydrogen) atoms. The van der Waals surface area contributed by atoms with Crippen LogP contribution in [0.4, 0.5) is 0 Å². The summed E-state index contributed by atoms with van der Waals surface area (Å²) in [4.78, 5) is 7.94. The van der Waals surface area contributed by atoms with Gasteiger partial charge in [-0.25, -0.2) is 4.99 Å². The maximum absolute atomic E-state index is 6.06. The van der Waals surface area contributed by atoms with Crippen molar-refractivity contribution in [3.63, 3.8) is 0 Å². The molecule has 0 unspecified atom stereocenters. The Hall–Kier alpha value is -2.63. The fourth-order valence-electron chi connectivity index (χ4n) is 2.13.